The Morgan fingerprint density at radius 3 is 2.42 bits per heavy atom. The number of hydrazine groups is 1. The van der Waals surface area contributed by atoms with E-state index in [2.05, 4.69) is 16.8 Å². The second-order valence-corrected chi connectivity index (χ2v) is 15.3. The number of amides is 3. The lowest BCUT2D eigenvalue weighted by molar-refractivity contribution is 0.00342. The zero-order valence-corrected chi connectivity index (χ0v) is 28.7. The van der Waals surface area contributed by atoms with Crippen LogP contribution in [0.25, 0.3) is 21.2 Å². The van der Waals surface area contributed by atoms with Crippen molar-refractivity contribution in [3.8, 4) is 17.2 Å². The quantitative estimate of drug-likeness (QED) is 0.299. The maximum Gasteiger partial charge on any atom is 0.412 e. The molecule has 1 aromatic heterocycles. The highest BCUT2D eigenvalue weighted by atomic mass is 32.1. The van der Waals surface area contributed by atoms with Crippen LogP contribution in [0.2, 0.25) is 0 Å². The molecule has 3 amide bonds. The standard InChI is InChI=1S/C34H38F2N6O5S/c1-17-24-26(19-8-9-22(35)28-25(19)21(15-37)29(48-28)38-31(44)46-33(2,3)4)23(36)14-20-27(24)42(39-17)11-10-18-16-40(12-13-41(18)30(20)43)32(45)47-34(5,6)7/h8-9,14,17-18,39H,10-13,16H2,1-7H3,(H,38,44)/t17?,18-/m0/s1. The van der Waals surface area contributed by atoms with Gasteiger partial charge in [-0.15, -0.1) is 11.3 Å². The first-order valence-electron chi connectivity index (χ1n) is 15.8. The summed E-state index contributed by atoms with van der Waals surface area (Å²) in [5.74, 6) is -1.69. The van der Waals surface area contributed by atoms with Crippen molar-refractivity contribution in [2.75, 3.05) is 36.5 Å². The molecule has 4 heterocycles. The van der Waals surface area contributed by atoms with E-state index in [9.17, 15) is 19.6 Å². The molecule has 3 aliphatic heterocycles. The second kappa shape index (κ2) is 11.9. The van der Waals surface area contributed by atoms with Gasteiger partial charge in [-0.3, -0.25) is 10.1 Å². The van der Waals surface area contributed by atoms with Crippen LogP contribution in [0.1, 0.15) is 82.4 Å². The number of hydrogen-bond donors (Lipinski definition) is 2. The van der Waals surface area contributed by atoms with Crippen LogP contribution in [0.4, 0.5) is 29.1 Å². The molecule has 2 N–H and O–H groups in total. The van der Waals surface area contributed by atoms with Gasteiger partial charge in [0.05, 0.1) is 33.6 Å². The van der Waals surface area contributed by atoms with E-state index in [1.54, 1.807) is 51.3 Å². The topological polar surface area (TPSA) is 127 Å². The maximum atomic E-state index is 16.6. The first-order chi connectivity index (χ1) is 22.5. The van der Waals surface area contributed by atoms with Crippen molar-refractivity contribution in [3.63, 3.8) is 0 Å². The van der Waals surface area contributed by atoms with Gasteiger partial charge in [0, 0.05) is 42.7 Å². The van der Waals surface area contributed by atoms with Gasteiger partial charge in [0.2, 0.25) is 0 Å². The monoisotopic (exact) mass is 680 g/mol. The first-order valence-corrected chi connectivity index (χ1v) is 16.6. The van der Waals surface area contributed by atoms with E-state index >= 15 is 8.78 Å². The molecule has 11 nitrogen and oxygen atoms in total. The number of fused-ring (bicyclic) bond motifs is 2. The van der Waals surface area contributed by atoms with Gasteiger partial charge in [-0.25, -0.2) is 23.8 Å². The summed E-state index contributed by atoms with van der Waals surface area (Å²) in [6.45, 7) is 13.6. The molecule has 2 atom stereocenters. The van der Waals surface area contributed by atoms with Crippen LogP contribution >= 0.6 is 11.3 Å². The van der Waals surface area contributed by atoms with Gasteiger partial charge in [0.15, 0.2) is 0 Å². The van der Waals surface area contributed by atoms with E-state index in [4.69, 9.17) is 9.47 Å². The molecular weight excluding hydrogens is 642 g/mol. The van der Waals surface area contributed by atoms with Crippen molar-refractivity contribution < 1.29 is 32.6 Å². The number of carbonyl (C=O) groups is 3. The van der Waals surface area contributed by atoms with Crippen LogP contribution in [-0.4, -0.2) is 71.3 Å². The van der Waals surface area contributed by atoms with E-state index in [0.717, 1.165) is 11.3 Å². The highest BCUT2D eigenvalue weighted by molar-refractivity contribution is 7.23. The largest absolute Gasteiger partial charge is 0.444 e. The Morgan fingerprint density at radius 2 is 1.75 bits per heavy atom. The number of anilines is 2. The Bertz CT molecular complexity index is 1890. The van der Waals surface area contributed by atoms with Gasteiger partial charge in [-0.1, -0.05) is 6.07 Å². The molecule has 1 fully saturated rings. The number of halogens is 2. The SMILES string of the molecule is CC1NN2CC[C@H]3CN(C(=O)OC(C)(C)C)CCN3C(=O)c3cc(F)c(-c4ccc(F)c5sc(NC(=O)OC(C)(C)C)c(C#N)c45)c1c32. The summed E-state index contributed by atoms with van der Waals surface area (Å²) in [6, 6.07) is 5.15. The fraction of sp³-hybridized carbons (Fsp3) is 0.471. The first kappa shape index (κ1) is 33.4. The molecule has 48 heavy (non-hydrogen) atoms. The molecule has 3 aliphatic rings. The number of hydrogen-bond acceptors (Lipinski definition) is 9. The van der Waals surface area contributed by atoms with Crippen LogP contribution in [0, 0.1) is 23.0 Å². The molecule has 1 unspecified atom stereocenters. The lowest BCUT2D eigenvalue weighted by Gasteiger charge is -2.43. The lowest BCUT2D eigenvalue weighted by Crippen LogP contribution is -2.58. The van der Waals surface area contributed by atoms with Gasteiger partial charge >= 0.3 is 12.2 Å². The second-order valence-electron chi connectivity index (χ2n) is 14.3. The molecule has 6 rings (SSSR count). The summed E-state index contributed by atoms with van der Waals surface area (Å²) in [5.41, 5.74) is 3.49. The number of nitrogens with one attached hydrogen (secondary N) is 2. The zero-order valence-electron chi connectivity index (χ0n) is 27.9. The summed E-state index contributed by atoms with van der Waals surface area (Å²) in [4.78, 5) is 42.9. The summed E-state index contributed by atoms with van der Waals surface area (Å²) in [6.07, 6.45) is -0.723. The Balaban J connectivity index is 1.43. The van der Waals surface area contributed by atoms with Crippen molar-refractivity contribution in [3.05, 3.63) is 46.5 Å². The summed E-state index contributed by atoms with van der Waals surface area (Å²) in [5, 5.41) is 14.9. The van der Waals surface area contributed by atoms with E-state index in [1.165, 1.54) is 18.2 Å². The zero-order chi connectivity index (χ0) is 34.9. The Hall–Kier alpha value is -4.48. The Labute approximate surface area is 281 Å². The smallest absolute Gasteiger partial charge is 0.412 e. The minimum Gasteiger partial charge on any atom is -0.444 e. The molecule has 1 saturated heterocycles. The number of piperazine rings is 1. The Kier molecular flexibility index (Phi) is 8.28. The third-order valence-corrected chi connectivity index (χ3v) is 9.55. The van der Waals surface area contributed by atoms with Crippen LogP contribution in [0.5, 0.6) is 0 Å². The molecule has 3 aromatic rings. The fourth-order valence-electron chi connectivity index (χ4n) is 6.61. The maximum absolute atomic E-state index is 16.6. The van der Waals surface area contributed by atoms with Crippen LogP contribution in [0.3, 0.4) is 0 Å². The molecular formula is C34H38F2N6O5S. The molecule has 0 spiro atoms. The fourth-order valence-corrected chi connectivity index (χ4v) is 7.68. The predicted octanol–water partition coefficient (Wildman–Crippen LogP) is 6.92. The normalized spacial score (nSPS) is 19.3. The minimum atomic E-state index is -0.810. The summed E-state index contributed by atoms with van der Waals surface area (Å²) >= 11 is 0.866. The van der Waals surface area contributed by atoms with Gasteiger partial charge in [-0.2, -0.15) is 5.26 Å². The summed E-state index contributed by atoms with van der Waals surface area (Å²) < 4.78 is 42.9. The lowest BCUT2D eigenvalue weighted by atomic mass is 9.88. The molecule has 254 valence electrons. The molecule has 0 aliphatic carbocycles. The van der Waals surface area contributed by atoms with Crippen molar-refractivity contribution >= 4 is 50.2 Å². The number of nitrogens with zero attached hydrogens (tertiary/aromatic N) is 4. The van der Waals surface area contributed by atoms with E-state index in [1.807, 2.05) is 11.9 Å². The average Bonchev–Trinajstić information content (AvgIpc) is 3.51. The van der Waals surface area contributed by atoms with Gasteiger partial charge < -0.3 is 24.3 Å². The van der Waals surface area contributed by atoms with E-state index < -0.39 is 41.1 Å². The van der Waals surface area contributed by atoms with E-state index in [-0.39, 0.29) is 68.9 Å². The number of nitriles is 1. The highest BCUT2D eigenvalue weighted by Gasteiger charge is 2.42. The highest BCUT2D eigenvalue weighted by Crippen LogP contribution is 2.49. The van der Waals surface area contributed by atoms with E-state index in [0.29, 0.717) is 24.2 Å². The predicted molar refractivity (Wildman–Crippen MR) is 178 cm³/mol. The molecule has 0 saturated carbocycles. The third-order valence-electron chi connectivity index (χ3n) is 8.44. The number of rotatable bonds is 2. The van der Waals surface area contributed by atoms with Crippen LogP contribution < -0.4 is 15.8 Å². The summed E-state index contributed by atoms with van der Waals surface area (Å²) in [7, 11) is 0. The number of benzene rings is 2. The van der Waals surface area contributed by atoms with Crippen LogP contribution in [-0.2, 0) is 9.47 Å². The average molecular weight is 681 g/mol. The number of ether oxygens (including phenoxy) is 2. The van der Waals surface area contributed by atoms with Crippen molar-refractivity contribution in [1.29, 1.82) is 5.26 Å². The van der Waals surface area contributed by atoms with Crippen molar-refractivity contribution in [2.24, 2.45) is 0 Å². The van der Waals surface area contributed by atoms with Gasteiger partial charge in [0.1, 0.15) is 33.9 Å². The molecule has 0 radical (unpaired) electrons. The molecule has 0 bridgehead atoms. The molecule has 2 aromatic carbocycles. The minimum absolute atomic E-state index is 0.0223. The molecule has 14 heteroatoms. The van der Waals surface area contributed by atoms with Gasteiger partial charge in [-0.05, 0) is 72.6 Å². The Morgan fingerprint density at radius 1 is 1.04 bits per heavy atom. The van der Waals surface area contributed by atoms with Crippen molar-refractivity contribution in [2.45, 2.75) is 78.2 Å². The van der Waals surface area contributed by atoms with Gasteiger partial charge in [0.25, 0.3) is 5.91 Å². The third kappa shape index (κ3) is 6.01. The number of carbonyl (C=O) groups excluding carboxylic acids is 3. The number of thiophene rings is 1. The van der Waals surface area contributed by atoms with Crippen LogP contribution in [0.15, 0.2) is 18.2 Å². The van der Waals surface area contributed by atoms with Crippen molar-refractivity contribution in [1.82, 2.24) is 15.2 Å².